The summed E-state index contributed by atoms with van der Waals surface area (Å²) in [5, 5.41) is 4.43. The molecule has 1 aromatic carbocycles. The van der Waals surface area contributed by atoms with Gasteiger partial charge in [-0.15, -0.1) is 0 Å². The molecule has 1 aliphatic heterocycles. The number of benzene rings is 1. The minimum Gasteiger partial charge on any atom is -0.340 e. The molecule has 1 atom stereocenters. The van der Waals surface area contributed by atoms with Crippen LogP contribution in [0.3, 0.4) is 0 Å². The third-order valence-corrected chi connectivity index (χ3v) is 4.73. The molecule has 6 nitrogen and oxygen atoms in total. The zero-order valence-electron chi connectivity index (χ0n) is 14.8. The molecule has 0 aliphatic carbocycles. The van der Waals surface area contributed by atoms with Gasteiger partial charge in [-0.25, -0.2) is 9.07 Å². The first kappa shape index (κ1) is 17.1. The van der Waals surface area contributed by atoms with Crippen molar-refractivity contribution in [3.63, 3.8) is 0 Å². The second kappa shape index (κ2) is 6.31. The number of aromatic nitrogens is 2. The minimum atomic E-state index is -0.327. The van der Waals surface area contributed by atoms with E-state index < -0.39 is 0 Å². The van der Waals surface area contributed by atoms with Gasteiger partial charge in [0.2, 0.25) is 5.91 Å². The summed E-state index contributed by atoms with van der Waals surface area (Å²) in [6.45, 7) is 6.04. The van der Waals surface area contributed by atoms with Crippen LogP contribution in [0.15, 0.2) is 24.3 Å². The Bertz CT molecular complexity index is 828. The number of nitrogens with zero attached hydrogens (tertiary/aromatic N) is 4. The van der Waals surface area contributed by atoms with Crippen LogP contribution in [0.1, 0.15) is 28.7 Å². The summed E-state index contributed by atoms with van der Waals surface area (Å²) in [4.78, 5) is 28.3. The van der Waals surface area contributed by atoms with Gasteiger partial charge in [0.05, 0.1) is 22.6 Å². The summed E-state index contributed by atoms with van der Waals surface area (Å²) in [6.07, 6.45) is 0. The van der Waals surface area contributed by atoms with Crippen LogP contribution in [0, 0.1) is 19.7 Å². The van der Waals surface area contributed by atoms with Gasteiger partial charge in [-0.3, -0.25) is 9.59 Å². The van der Waals surface area contributed by atoms with Crippen LogP contribution in [-0.2, 0) is 4.79 Å². The fraction of sp³-hybridized carbons (Fsp3) is 0.389. The molecule has 3 rings (SSSR count). The summed E-state index contributed by atoms with van der Waals surface area (Å²) < 4.78 is 14.8. The van der Waals surface area contributed by atoms with Crippen molar-refractivity contribution in [2.75, 3.05) is 20.1 Å². The highest BCUT2D eigenvalue weighted by molar-refractivity contribution is 5.99. The van der Waals surface area contributed by atoms with Gasteiger partial charge in [0.1, 0.15) is 12.4 Å². The molecule has 132 valence electrons. The number of aryl methyl sites for hydroxylation is 1. The Kier molecular flexibility index (Phi) is 4.32. The van der Waals surface area contributed by atoms with Crippen LogP contribution in [0.5, 0.6) is 0 Å². The molecule has 0 spiro atoms. The molecule has 1 saturated heterocycles. The Balaban J connectivity index is 1.94. The van der Waals surface area contributed by atoms with Crippen molar-refractivity contribution in [2.24, 2.45) is 0 Å². The van der Waals surface area contributed by atoms with Crippen LogP contribution < -0.4 is 0 Å². The van der Waals surface area contributed by atoms with Crippen LogP contribution in [-0.4, -0.2) is 57.6 Å². The number of carbonyl (C=O) groups is 2. The second-order valence-electron chi connectivity index (χ2n) is 6.47. The number of hydrogen-bond acceptors (Lipinski definition) is 3. The van der Waals surface area contributed by atoms with Crippen LogP contribution >= 0.6 is 0 Å². The summed E-state index contributed by atoms with van der Waals surface area (Å²) >= 11 is 0. The molecule has 1 aromatic heterocycles. The first-order chi connectivity index (χ1) is 11.8. The molecule has 7 heteroatoms. The predicted octanol–water partition coefficient (Wildman–Crippen LogP) is 1.93. The van der Waals surface area contributed by atoms with E-state index in [-0.39, 0.29) is 30.2 Å². The second-order valence-corrected chi connectivity index (χ2v) is 6.47. The Morgan fingerprint density at radius 2 is 1.88 bits per heavy atom. The number of amides is 2. The molecule has 0 saturated carbocycles. The van der Waals surface area contributed by atoms with E-state index in [2.05, 4.69) is 5.10 Å². The van der Waals surface area contributed by atoms with Gasteiger partial charge in [-0.1, -0.05) is 0 Å². The lowest BCUT2D eigenvalue weighted by atomic mass is 10.1. The number of rotatable bonds is 2. The third kappa shape index (κ3) is 3.01. The van der Waals surface area contributed by atoms with E-state index in [9.17, 15) is 14.0 Å². The zero-order valence-corrected chi connectivity index (χ0v) is 14.8. The molecule has 25 heavy (non-hydrogen) atoms. The van der Waals surface area contributed by atoms with Gasteiger partial charge >= 0.3 is 0 Å². The molecule has 1 aliphatic rings. The fourth-order valence-corrected chi connectivity index (χ4v) is 3.13. The number of carbonyl (C=O) groups excluding carboxylic acids is 2. The van der Waals surface area contributed by atoms with E-state index >= 15 is 0 Å². The molecule has 1 unspecified atom stereocenters. The molecule has 2 amide bonds. The molecule has 1 fully saturated rings. The maximum atomic E-state index is 13.1. The lowest BCUT2D eigenvalue weighted by Crippen LogP contribution is -2.55. The van der Waals surface area contributed by atoms with Gasteiger partial charge in [0.15, 0.2) is 0 Å². The average Bonchev–Trinajstić information content (AvgIpc) is 2.87. The Labute approximate surface area is 145 Å². The van der Waals surface area contributed by atoms with E-state index in [1.165, 1.54) is 12.1 Å². The number of hydrogen-bond donors (Lipinski definition) is 0. The van der Waals surface area contributed by atoms with E-state index in [0.717, 1.165) is 0 Å². The van der Waals surface area contributed by atoms with Gasteiger partial charge in [-0.05, 0) is 45.0 Å². The molecule has 0 bridgehead atoms. The summed E-state index contributed by atoms with van der Waals surface area (Å²) in [6, 6.07) is 5.91. The highest BCUT2D eigenvalue weighted by Crippen LogP contribution is 2.21. The van der Waals surface area contributed by atoms with E-state index in [1.807, 2.05) is 6.92 Å². The summed E-state index contributed by atoms with van der Waals surface area (Å²) in [5.41, 5.74) is 2.44. The topological polar surface area (TPSA) is 58.4 Å². The van der Waals surface area contributed by atoms with Gasteiger partial charge < -0.3 is 9.80 Å². The molecular weight excluding hydrogens is 323 g/mol. The Morgan fingerprint density at radius 1 is 1.24 bits per heavy atom. The number of halogens is 1. The zero-order chi connectivity index (χ0) is 18.3. The standard InChI is InChI=1S/C18H21FN4O2/c1-11-9-22(10-16(24)21(11)4)18(25)17-12(2)20-23(13(17)3)15-7-5-14(19)6-8-15/h5-8,11H,9-10H2,1-4H3. The van der Waals surface area contributed by atoms with Crippen LogP contribution in [0.4, 0.5) is 4.39 Å². The molecule has 0 radical (unpaired) electrons. The van der Waals surface area contributed by atoms with Crippen molar-refractivity contribution in [3.05, 3.63) is 47.0 Å². The van der Waals surface area contributed by atoms with Crippen LogP contribution in [0.2, 0.25) is 0 Å². The summed E-state index contributed by atoms with van der Waals surface area (Å²) in [5.74, 6) is -0.600. The molecule has 2 heterocycles. The van der Waals surface area contributed by atoms with Crippen LogP contribution in [0.25, 0.3) is 5.69 Å². The van der Waals surface area contributed by atoms with Gasteiger partial charge in [0, 0.05) is 19.6 Å². The Hall–Kier alpha value is -2.70. The van der Waals surface area contributed by atoms with Crippen molar-refractivity contribution >= 4 is 11.8 Å². The SMILES string of the molecule is Cc1nn(-c2ccc(F)cc2)c(C)c1C(=O)N1CC(=O)N(C)C(C)C1. The largest absolute Gasteiger partial charge is 0.340 e. The normalized spacial score (nSPS) is 18.0. The van der Waals surface area contributed by atoms with Gasteiger partial charge in [-0.2, -0.15) is 5.10 Å². The van der Waals surface area contributed by atoms with Crippen molar-refractivity contribution in [1.29, 1.82) is 0 Å². The summed E-state index contributed by atoms with van der Waals surface area (Å²) in [7, 11) is 1.75. The first-order valence-electron chi connectivity index (χ1n) is 8.16. The minimum absolute atomic E-state index is 0.0297. The van der Waals surface area contributed by atoms with Gasteiger partial charge in [0.25, 0.3) is 5.91 Å². The van der Waals surface area contributed by atoms with E-state index in [0.29, 0.717) is 29.2 Å². The molecule has 0 N–H and O–H groups in total. The molecule has 2 aromatic rings. The smallest absolute Gasteiger partial charge is 0.258 e. The third-order valence-electron chi connectivity index (χ3n) is 4.73. The first-order valence-corrected chi connectivity index (χ1v) is 8.16. The fourth-order valence-electron chi connectivity index (χ4n) is 3.13. The lowest BCUT2D eigenvalue weighted by Gasteiger charge is -2.37. The van der Waals surface area contributed by atoms with E-state index in [1.54, 1.807) is 47.5 Å². The monoisotopic (exact) mass is 344 g/mol. The highest BCUT2D eigenvalue weighted by atomic mass is 19.1. The van der Waals surface area contributed by atoms with E-state index in [4.69, 9.17) is 0 Å². The van der Waals surface area contributed by atoms with Crippen molar-refractivity contribution in [1.82, 2.24) is 19.6 Å². The lowest BCUT2D eigenvalue weighted by molar-refractivity contribution is -0.136. The predicted molar refractivity (Wildman–Crippen MR) is 91.1 cm³/mol. The van der Waals surface area contributed by atoms with Crippen molar-refractivity contribution < 1.29 is 14.0 Å². The average molecular weight is 344 g/mol. The number of piperazine rings is 1. The maximum Gasteiger partial charge on any atom is 0.258 e. The van der Waals surface area contributed by atoms with Crippen molar-refractivity contribution in [2.45, 2.75) is 26.8 Å². The maximum absolute atomic E-state index is 13.1. The quantitative estimate of drug-likeness (QED) is 0.836. The van der Waals surface area contributed by atoms with Crippen molar-refractivity contribution in [3.8, 4) is 5.69 Å². The Morgan fingerprint density at radius 3 is 2.48 bits per heavy atom. The highest BCUT2D eigenvalue weighted by Gasteiger charge is 2.32. The number of likely N-dealkylation sites (N-methyl/N-ethyl adjacent to an activating group) is 1. The molecular formula is C18H21FN4O2.